The predicted molar refractivity (Wildman–Crippen MR) is 110 cm³/mol. The van der Waals surface area contributed by atoms with Crippen LogP contribution in [0.1, 0.15) is 18.9 Å². The van der Waals surface area contributed by atoms with Crippen LogP contribution >= 0.6 is 11.6 Å². The zero-order valence-electron chi connectivity index (χ0n) is 15.8. The van der Waals surface area contributed by atoms with Crippen molar-refractivity contribution in [3.05, 3.63) is 59.1 Å². The van der Waals surface area contributed by atoms with Gasteiger partial charge in [0, 0.05) is 18.1 Å². The summed E-state index contributed by atoms with van der Waals surface area (Å²) in [6, 6.07) is 14.8. The van der Waals surface area contributed by atoms with Crippen molar-refractivity contribution >= 4 is 29.1 Å². The van der Waals surface area contributed by atoms with Gasteiger partial charge in [-0.3, -0.25) is 9.59 Å². The summed E-state index contributed by atoms with van der Waals surface area (Å²) in [6.07, 6.45) is 0.115. The van der Waals surface area contributed by atoms with Crippen molar-refractivity contribution in [2.75, 3.05) is 24.5 Å². The first-order chi connectivity index (χ1) is 13.6. The van der Waals surface area contributed by atoms with Crippen molar-refractivity contribution in [3.8, 4) is 5.75 Å². The standard InChI is InChI=1S/C21H24ClN3O3/c1-2-10-24-21(27)19-14-25(17-8-3-4-9-18(17)28-19)20(26)13-23-12-15-6-5-7-16(22)11-15/h3-9,11,19,23H,2,10,12-14H2,1H3,(H,24,27). The van der Waals surface area contributed by atoms with Gasteiger partial charge in [-0.2, -0.15) is 0 Å². The highest BCUT2D eigenvalue weighted by atomic mass is 35.5. The van der Waals surface area contributed by atoms with Crippen LogP contribution in [0, 0.1) is 0 Å². The summed E-state index contributed by atoms with van der Waals surface area (Å²) in [6.45, 7) is 3.42. The number of carbonyl (C=O) groups excluding carboxylic acids is 2. The van der Waals surface area contributed by atoms with Crippen molar-refractivity contribution in [1.29, 1.82) is 0 Å². The van der Waals surface area contributed by atoms with E-state index in [4.69, 9.17) is 16.3 Å². The fourth-order valence-corrected chi connectivity index (χ4v) is 3.24. The van der Waals surface area contributed by atoms with Gasteiger partial charge in [0.25, 0.3) is 5.91 Å². The van der Waals surface area contributed by atoms with Gasteiger partial charge in [0.1, 0.15) is 5.75 Å². The maximum atomic E-state index is 12.9. The van der Waals surface area contributed by atoms with E-state index >= 15 is 0 Å². The topological polar surface area (TPSA) is 70.7 Å². The third-order valence-electron chi connectivity index (χ3n) is 4.41. The molecule has 2 N–H and O–H groups in total. The molecule has 0 bridgehead atoms. The van der Waals surface area contributed by atoms with Gasteiger partial charge in [-0.05, 0) is 36.2 Å². The van der Waals surface area contributed by atoms with Gasteiger partial charge in [-0.25, -0.2) is 0 Å². The van der Waals surface area contributed by atoms with E-state index in [1.54, 1.807) is 11.0 Å². The molecule has 0 saturated carbocycles. The monoisotopic (exact) mass is 401 g/mol. The third kappa shape index (κ3) is 5.03. The van der Waals surface area contributed by atoms with E-state index in [9.17, 15) is 9.59 Å². The first kappa shape index (κ1) is 20.2. The van der Waals surface area contributed by atoms with E-state index < -0.39 is 6.10 Å². The summed E-state index contributed by atoms with van der Waals surface area (Å²) in [5, 5.41) is 6.64. The van der Waals surface area contributed by atoms with Crippen LogP contribution in [-0.4, -0.2) is 37.6 Å². The number of halogens is 1. The van der Waals surface area contributed by atoms with E-state index in [1.165, 1.54) is 0 Å². The number of benzene rings is 2. The highest BCUT2D eigenvalue weighted by Crippen LogP contribution is 2.33. The minimum Gasteiger partial charge on any atom is -0.477 e. The molecule has 0 spiro atoms. The van der Waals surface area contributed by atoms with Crippen molar-refractivity contribution < 1.29 is 14.3 Å². The largest absolute Gasteiger partial charge is 0.477 e. The number of para-hydroxylation sites is 2. The summed E-state index contributed by atoms with van der Waals surface area (Å²) in [7, 11) is 0. The molecule has 0 aliphatic carbocycles. The Kier molecular flexibility index (Phi) is 6.90. The molecule has 148 valence electrons. The fourth-order valence-electron chi connectivity index (χ4n) is 3.03. The molecule has 1 heterocycles. The van der Waals surface area contributed by atoms with Crippen LogP contribution in [0.25, 0.3) is 0 Å². The van der Waals surface area contributed by atoms with Crippen LogP contribution in [0.5, 0.6) is 5.75 Å². The van der Waals surface area contributed by atoms with E-state index in [-0.39, 0.29) is 24.9 Å². The lowest BCUT2D eigenvalue weighted by Gasteiger charge is -2.34. The van der Waals surface area contributed by atoms with E-state index in [0.29, 0.717) is 29.5 Å². The van der Waals surface area contributed by atoms with Crippen molar-refractivity contribution in [2.45, 2.75) is 26.0 Å². The van der Waals surface area contributed by atoms with Gasteiger partial charge in [0.2, 0.25) is 5.91 Å². The van der Waals surface area contributed by atoms with Crippen LogP contribution in [0.2, 0.25) is 5.02 Å². The zero-order valence-corrected chi connectivity index (χ0v) is 16.5. The summed E-state index contributed by atoms with van der Waals surface area (Å²) in [4.78, 5) is 26.8. The van der Waals surface area contributed by atoms with Gasteiger partial charge < -0.3 is 20.3 Å². The molecule has 2 amide bonds. The van der Waals surface area contributed by atoms with Gasteiger partial charge in [0.15, 0.2) is 6.10 Å². The molecule has 1 unspecified atom stereocenters. The Balaban J connectivity index is 1.66. The highest BCUT2D eigenvalue weighted by molar-refractivity contribution is 6.30. The molecular formula is C21H24ClN3O3. The summed E-state index contributed by atoms with van der Waals surface area (Å²) >= 11 is 5.99. The van der Waals surface area contributed by atoms with Gasteiger partial charge in [-0.1, -0.05) is 42.8 Å². The summed E-state index contributed by atoms with van der Waals surface area (Å²) in [5.41, 5.74) is 1.68. The first-order valence-electron chi connectivity index (χ1n) is 9.37. The Morgan fingerprint density at radius 2 is 2.04 bits per heavy atom. The van der Waals surface area contributed by atoms with Crippen LogP contribution in [0.15, 0.2) is 48.5 Å². The Morgan fingerprint density at radius 3 is 2.82 bits per heavy atom. The molecule has 0 fully saturated rings. The number of rotatable bonds is 7. The van der Waals surface area contributed by atoms with Crippen LogP contribution in [0.4, 0.5) is 5.69 Å². The number of anilines is 1. The molecule has 2 aromatic rings. The Bertz CT molecular complexity index is 843. The summed E-state index contributed by atoms with van der Waals surface area (Å²) < 4.78 is 5.82. The molecular weight excluding hydrogens is 378 g/mol. The number of ether oxygens (including phenoxy) is 1. The number of fused-ring (bicyclic) bond motifs is 1. The van der Waals surface area contributed by atoms with Crippen molar-refractivity contribution in [2.24, 2.45) is 0 Å². The van der Waals surface area contributed by atoms with Crippen molar-refractivity contribution in [3.63, 3.8) is 0 Å². The minimum absolute atomic E-state index is 0.119. The number of nitrogens with one attached hydrogen (secondary N) is 2. The second kappa shape index (κ2) is 9.57. The van der Waals surface area contributed by atoms with Gasteiger partial charge in [0.05, 0.1) is 18.8 Å². The maximum absolute atomic E-state index is 12.9. The lowest BCUT2D eigenvalue weighted by Crippen LogP contribution is -2.52. The fraction of sp³-hybridized carbons (Fsp3) is 0.333. The average Bonchev–Trinajstić information content (AvgIpc) is 2.71. The highest BCUT2D eigenvalue weighted by Gasteiger charge is 2.33. The minimum atomic E-state index is -0.724. The lowest BCUT2D eigenvalue weighted by atomic mass is 10.1. The molecule has 6 nitrogen and oxygen atoms in total. The Hall–Kier alpha value is -2.57. The van der Waals surface area contributed by atoms with Crippen LogP contribution in [-0.2, 0) is 16.1 Å². The number of hydrogen-bond donors (Lipinski definition) is 2. The van der Waals surface area contributed by atoms with Crippen molar-refractivity contribution in [1.82, 2.24) is 10.6 Å². The second-order valence-electron chi connectivity index (χ2n) is 6.60. The smallest absolute Gasteiger partial charge is 0.262 e. The zero-order chi connectivity index (χ0) is 19.9. The number of carbonyl (C=O) groups is 2. The number of nitrogens with zero attached hydrogens (tertiary/aromatic N) is 1. The molecule has 3 rings (SSSR count). The molecule has 1 aliphatic heterocycles. The molecule has 1 aliphatic rings. The predicted octanol–water partition coefficient (Wildman–Crippen LogP) is 2.75. The Morgan fingerprint density at radius 1 is 1.21 bits per heavy atom. The lowest BCUT2D eigenvalue weighted by molar-refractivity contribution is -0.128. The normalized spacial score (nSPS) is 15.5. The van der Waals surface area contributed by atoms with Gasteiger partial charge >= 0.3 is 0 Å². The van der Waals surface area contributed by atoms with E-state index in [0.717, 1.165) is 12.0 Å². The Labute approximate surface area is 169 Å². The molecule has 1 atom stereocenters. The van der Waals surface area contributed by atoms with E-state index in [1.807, 2.05) is 49.4 Å². The van der Waals surface area contributed by atoms with Crippen LogP contribution in [0.3, 0.4) is 0 Å². The first-order valence-corrected chi connectivity index (χ1v) is 9.75. The maximum Gasteiger partial charge on any atom is 0.262 e. The molecule has 0 radical (unpaired) electrons. The number of amides is 2. The van der Waals surface area contributed by atoms with Gasteiger partial charge in [-0.15, -0.1) is 0 Å². The summed E-state index contributed by atoms with van der Waals surface area (Å²) in [5.74, 6) is 0.209. The number of hydrogen-bond acceptors (Lipinski definition) is 4. The molecule has 28 heavy (non-hydrogen) atoms. The molecule has 7 heteroatoms. The molecule has 0 aromatic heterocycles. The van der Waals surface area contributed by atoms with Crippen LogP contribution < -0.4 is 20.3 Å². The van der Waals surface area contributed by atoms with E-state index in [2.05, 4.69) is 10.6 Å². The third-order valence-corrected chi connectivity index (χ3v) is 4.65. The molecule has 2 aromatic carbocycles. The average molecular weight is 402 g/mol. The second-order valence-corrected chi connectivity index (χ2v) is 7.04. The SMILES string of the molecule is CCCNC(=O)C1CN(C(=O)CNCc2cccc(Cl)c2)c2ccccc2O1. The molecule has 0 saturated heterocycles. The quantitative estimate of drug-likeness (QED) is 0.748.